The lowest BCUT2D eigenvalue weighted by Crippen LogP contribution is -2.41. The van der Waals surface area contributed by atoms with Gasteiger partial charge in [0.2, 0.25) is 0 Å². The summed E-state index contributed by atoms with van der Waals surface area (Å²) in [6.07, 6.45) is 3.12. The molecule has 3 atom stereocenters. The molecule has 1 saturated carbocycles. The number of hydrogen-bond acceptors (Lipinski definition) is 1. The number of aliphatic hydroxyl groups is 1. The highest BCUT2D eigenvalue weighted by Crippen LogP contribution is 2.44. The van der Waals surface area contributed by atoms with Gasteiger partial charge >= 0.3 is 0 Å². The van der Waals surface area contributed by atoms with Crippen LogP contribution in [0.4, 0.5) is 0 Å². The van der Waals surface area contributed by atoms with Crippen LogP contribution in [0.2, 0.25) is 0 Å². The van der Waals surface area contributed by atoms with Crippen molar-refractivity contribution < 1.29 is 5.11 Å². The smallest absolute Gasteiger partial charge is 0.0579 e. The van der Waals surface area contributed by atoms with Crippen LogP contribution in [0.3, 0.4) is 0 Å². The minimum Gasteiger partial charge on any atom is -0.393 e. The summed E-state index contributed by atoms with van der Waals surface area (Å²) in [5, 5.41) is 13.2. The van der Waals surface area contributed by atoms with Crippen LogP contribution >= 0.6 is 0 Å². The van der Waals surface area contributed by atoms with Gasteiger partial charge < -0.3 is 5.11 Å². The second-order valence-corrected chi connectivity index (χ2v) is 7.34. The molecular weight excluding hydrogens is 256 g/mol. The Kier molecular flexibility index (Phi) is 3.79. The third-order valence-electron chi connectivity index (χ3n) is 5.49. The van der Waals surface area contributed by atoms with Gasteiger partial charge in [-0.05, 0) is 46.4 Å². The third-order valence-corrected chi connectivity index (χ3v) is 5.49. The van der Waals surface area contributed by atoms with E-state index in [1.807, 2.05) is 0 Å². The average Bonchev–Trinajstić information content (AvgIpc) is 2.46. The standard InChI is InChI=1S/C20H26O/c1-14-11-12-18(19(21)13-14)20(2,3)17-10-6-8-15-7-4-5-9-16(15)17/h4-10,14,18-19,21H,11-13H2,1-3H3/t14-,18-,19-/m1/s1. The van der Waals surface area contributed by atoms with Crippen LogP contribution in [0.5, 0.6) is 0 Å². The summed E-state index contributed by atoms with van der Waals surface area (Å²) < 4.78 is 0. The predicted octanol–water partition coefficient (Wildman–Crippen LogP) is 4.91. The van der Waals surface area contributed by atoms with Crippen LogP contribution in [0.25, 0.3) is 10.8 Å². The quantitative estimate of drug-likeness (QED) is 0.829. The number of fused-ring (bicyclic) bond motifs is 1. The lowest BCUT2D eigenvalue weighted by molar-refractivity contribution is 0.0147. The summed E-state index contributed by atoms with van der Waals surface area (Å²) >= 11 is 0. The monoisotopic (exact) mass is 282 g/mol. The summed E-state index contributed by atoms with van der Waals surface area (Å²) in [5.41, 5.74) is 1.37. The summed E-state index contributed by atoms with van der Waals surface area (Å²) in [4.78, 5) is 0. The van der Waals surface area contributed by atoms with Crippen LogP contribution < -0.4 is 0 Å². The van der Waals surface area contributed by atoms with E-state index in [0.29, 0.717) is 11.8 Å². The van der Waals surface area contributed by atoms with E-state index in [1.54, 1.807) is 0 Å². The molecule has 2 aromatic rings. The van der Waals surface area contributed by atoms with Crippen molar-refractivity contribution in [2.75, 3.05) is 0 Å². The molecule has 0 bridgehead atoms. The molecule has 1 heteroatoms. The molecule has 0 aromatic heterocycles. The number of rotatable bonds is 2. The Labute approximate surface area is 128 Å². The summed E-state index contributed by atoms with van der Waals surface area (Å²) in [6, 6.07) is 15.2. The number of aliphatic hydroxyl groups excluding tert-OH is 1. The Morgan fingerprint density at radius 3 is 2.48 bits per heavy atom. The molecule has 2 aromatic carbocycles. The summed E-state index contributed by atoms with van der Waals surface area (Å²) in [5.74, 6) is 0.999. The second kappa shape index (κ2) is 5.46. The van der Waals surface area contributed by atoms with E-state index in [4.69, 9.17) is 0 Å². The van der Waals surface area contributed by atoms with Crippen LogP contribution in [0.15, 0.2) is 42.5 Å². The van der Waals surface area contributed by atoms with Crippen molar-refractivity contribution in [2.24, 2.45) is 11.8 Å². The fourth-order valence-corrected chi connectivity index (χ4v) is 4.18. The van der Waals surface area contributed by atoms with Crippen molar-refractivity contribution >= 4 is 10.8 Å². The Bertz CT molecular complexity index is 623. The molecular formula is C20H26O. The van der Waals surface area contributed by atoms with Crippen LogP contribution in [0.1, 0.15) is 45.6 Å². The minimum atomic E-state index is -0.178. The van der Waals surface area contributed by atoms with Gasteiger partial charge in [-0.15, -0.1) is 0 Å². The second-order valence-electron chi connectivity index (χ2n) is 7.34. The van der Waals surface area contributed by atoms with E-state index in [2.05, 4.69) is 63.2 Å². The van der Waals surface area contributed by atoms with Crippen molar-refractivity contribution in [3.8, 4) is 0 Å². The maximum Gasteiger partial charge on any atom is 0.0579 e. The lowest BCUT2D eigenvalue weighted by Gasteiger charge is -2.43. The molecule has 0 saturated heterocycles. The predicted molar refractivity (Wildman–Crippen MR) is 89.5 cm³/mol. The Morgan fingerprint density at radius 1 is 1.00 bits per heavy atom. The highest BCUT2D eigenvalue weighted by molar-refractivity contribution is 5.86. The van der Waals surface area contributed by atoms with E-state index in [-0.39, 0.29) is 11.5 Å². The molecule has 0 spiro atoms. The van der Waals surface area contributed by atoms with Crippen LogP contribution in [-0.4, -0.2) is 11.2 Å². The maximum atomic E-state index is 10.6. The largest absolute Gasteiger partial charge is 0.393 e. The molecule has 0 radical (unpaired) electrons. The molecule has 0 amide bonds. The van der Waals surface area contributed by atoms with E-state index in [1.165, 1.54) is 22.8 Å². The van der Waals surface area contributed by atoms with Crippen molar-refractivity contribution in [1.82, 2.24) is 0 Å². The fourth-order valence-electron chi connectivity index (χ4n) is 4.18. The molecule has 1 aliphatic carbocycles. The zero-order chi connectivity index (χ0) is 15.0. The molecule has 1 N–H and O–H groups in total. The van der Waals surface area contributed by atoms with Gasteiger partial charge in [-0.1, -0.05) is 69.7 Å². The zero-order valence-electron chi connectivity index (χ0n) is 13.3. The fraction of sp³-hybridized carbons (Fsp3) is 0.500. The average molecular weight is 282 g/mol. The highest BCUT2D eigenvalue weighted by Gasteiger charge is 2.39. The first kappa shape index (κ1) is 14.6. The normalized spacial score (nSPS) is 27.0. The van der Waals surface area contributed by atoms with Crippen molar-refractivity contribution in [1.29, 1.82) is 0 Å². The number of benzene rings is 2. The van der Waals surface area contributed by atoms with Gasteiger partial charge in [0.25, 0.3) is 0 Å². The molecule has 3 rings (SSSR count). The van der Waals surface area contributed by atoms with Gasteiger partial charge in [0, 0.05) is 0 Å². The van der Waals surface area contributed by atoms with Gasteiger partial charge in [-0.2, -0.15) is 0 Å². The summed E-state index contributed by atoms with van der Waals surface area (Å²) in [6.45, 7) is 6.86. The van der Waals surface area contributed by atoms with E-state index >= 15 is 0 Å². The zero-order valence-corrected chi connectivity index (χ0v) is 13.3. The molecule has 21 heavy (non-hydrogen) atoms. The van der Waals surface area contributed by atoms with Crippen molar-refractivity contribution in [3.05, 3.63) is 48.0 Å². The van der Waals surface area contributed by atoms with Gasteiger partial charge in [0.05, 0.1) is 6.10 Å². The topological polar surface area (TPSA) is 20.2 Å². The third kappa shape index (κ3) is 2.60. The molecule has 0 aliphatic heterocycles. The minimum absolute atomic E-state index is 0.000417. The molecule has 0 unspecified atom stereocenters. The first-order valence-corrected chi connectivity index (χ1v) is 8.16. The lowest BCUT2D eigenvalue weighted by atomic mass is 9.64. The Balaban J connectivity index is 2.04. The van der Waals surface area contributed by atoms with Gasteiger partial charge in [0.1, 0.15) is 0 Å². The first-order valence-electron chi connectivity index (χ1n) is 8.16. The van der Waals surface area contributed by atoms with Crippen molar-refractivity contribution in [2.45, 2.75) is 51.6 Å². The Morgan fingerprint density at radius 2 is 1.71 bits per heavy atom. The summed E-state index contributed by atoms with van der Waals surface area (Å²) in [7, 11) is 0. The van der Waals surface area contributed by atoms with E-state index in [9.17, 15) is 5.11 Å². The van der Waals surface area contributed by atoms with Gasteiger partial charge in [0.15, 0.2) is 0 Å². The van der Waals surface area contributed by atoms with Crippen molar-refractivity contribution in [3.63, 3.8) is 0 Å². The Hall–Kier alpha value is -1.34. The number of hydrogen-bond donors (Lipinski definition) is 1. The van der Waals surface area contributed by atoms with Gasteiger partial charge in [-0.3, -0.25) is 0 Å². The van der Waals surface area contributed by atoms with Crippen LogP contribution in [0, 0.1) is 11.8 Å². The molecule has 1 nitrogen and oxygen atoms in total. The molecule has 112 valence electrons. The maximum absolute atomic E-state index is 10.6. The molecule has 0 heterocycles. The first-order chi connectivity index (χ1) is 10.00. The SMILES string of the molecule is C[C@@H]1CC[C@@H](C(C)(C)c2cccc3ccccc23)[C@H](O)C1. The van der Waals surface area contributed by atoms with Crippen LogP contribution in [-0.2, 0) is 5.41 Å². The van der Waals surface area contributed by atoms with E-state index < -0.39 is 0 Å². The highest BCUT2D eigenvalue weighted by atomic mass is 16.3. The van der Waals surface area contributed by atoms with E-state index in [0.717, 1.165) is 12.8 Å². The molecule has 1 fully saturated rings. The van der Waals surface area contributed by atoms with Gasteiger partial charge in [-0.25, -0.2) is 0 Å². The molecule has 1 aliphatic rings.